The van der Waals surface area contributed by atoms with Gasteiger partial charge < -0.3 is 19.1 Å². The van der Waals surface area contributed by atoms with Crippen LogP contribution in [0.25, 0.3) is 6.08 Å². The Balaban J connectivity index is 1.81. The summed E-state index contributed by atoms with van der Waals surface area (Å²) in [6.45, 7) is 1.83. The predicted octanol–water partition coefficient (Wildman–Crippen LogP) is 2.11. The number of hydrogen-bond acceptors (Lipinski definition) is 7. The number of hydrogen-bond donors (Lipinski definition) is 1. The van der Waals surface area contributed by atoms with Gasteiger partial charge in [-0.25, -0.2) is 9.69 Å². The SMILES string of the molecule is COc1c(/C=C2/C(=O)NC(=O)N(c3ccccc3)C2=O)c(CCN(C)C(C)=O)cc2c1OCO2. The standard InChI is InChI=1S/C24H23N3O7/c1-14(28)26(2)10-9-15-11-19-21(34-13-33-19)20(32-3)17(15)12-18-22(29)25-24(31)27(23(18)30)16-7-5-4-6-8-16/h4-8,11-12H,9-10,13H2,1-3H3,(H,25,29,31)/b18-12-. The van der Waals surface area contributed by atoms with Gasteiger partial charge in [0.2, 0.25) is 18.4 Å². The molecule has 10 nitrogen and oxygen atoms in total. The van der Waals surface area contributed by atoms with E-state index in [0.29, 0.717) is 41.3 Å². The Kier molecular flexibility index (Phi) is 6.22. The molecule has 2 heterocycles. The summed E-state index contributed by atoms with van der Waals surface area (Å²) in [5, 5.41) is 2.21. The maximum atomic E-state index is 13.3. The molecule has 1 N–H and O–H groups in total. The van der Waals surface area contributed by atoms with Crippen molar-refractivity contribution in [2.75, 3.05) is 32.4 Å². The summed E-state index contributed by atoms with van der Waals surface area (Å²) >= 11 is 0. The van der Waals surface area contributed by atoms with Crippen LogP contribution in [0.5, 0.6) is 17.2 Å². The molecule has 0 spiro atoms. The third kappa shape index (κ3) is 4.17. The van der Waals surface area contributed by atoms with Crippen LogP contribution in [-0.4, -0.2) is 56.1 Å². The molecule has 1 saturated heterocycles. The number of carbonyl (C=O) groups is 4. The highest BCUT2D eigenvalue weighted by molar-refractivity contribution is 6.39. The molecule has 1 fully saturated rings. The predicted molar refractivity (Wildman–Crippen MR) is 122 cm³/mol. The van der Waals surface area contributed by atoms with Crippen molar-refractivity contribution in [3.05, 3.63) is 53.1 Å². The molecule has 2 aliphatic rings. The van der Waals surface area contributed by atoms with Gasteiger partial charge in [0.05, 0.1) is 12.8 Å². The van der Waals surface area contributed by atoms with Crippen molar-refractivity contribution in [1.82, 2.24) is 10.2 Å². The van der Waals surface area contributed by atoms with Gasteiger partial charge >= 0.3 is 6.03 Å². The van der Waals surface area contributed by atoms with Gasteiger partial charge in [-0.15, -0.1) is 0 Å². The summed E-state index contributed by atoms with van der Waals surface area (Å²) in [5.74, 6) is -0.615. The maximum absolute atomic E-state index is 13.3. The first-order valence-corrected chi connectivity index (χ1v) is 10.5. The molecule has 5 amide bonds. The number of carbonyl (C=O) groups excluding carboxylic acids is 4. The third-order valence-electron chi connectivity index (χ3n) is 5.61. The first kappa shape index (κ1) is 22.8. The lowest BCUT2D eigenvalue weighted by Crippen LogP contribution is -2.54. The molecular formula is C24H23N3O7. The number of anilines is 1. The van der Waals surface area contributed by atoms with E-state index in [4.69, 9.17) is 14.2 Å². The zero-order valence-corrected chi connectivity index (χ0v) is 18.9. The molecule has 2 aromatic rings. The summed E-state index contributed by atoms with van der Waals surface area (Å²) < 4.78 is 16.6. The summed E-state index contributed by atoms with van der Waals surface area (Å²) in [6.07, 6.45) is 1.77. The number of likely N-dealkylation sites (N-methyl/N-ethyl adjacent to an activating group) is 1. The Morgan fingerprint density at radius 3 is 2.62 bits per heavy atom. The fourth-order valence-corrected chi connectivity index (χ4v) is 3.70. The highest BCUT2D eigenvalue weighted by Gasteiger charge is 2.37. The fourth-order valence-electron chi connectivity index (χ4n) is 3.70. The van der Waals surface area contributed by atoms with Crippen LogP contribution in [0.3, 0.4) is 0 Å². The monoisotopic (exact) mass is 465 g/mol. The number of methoxy groups -OCH3 is 1. The number of para-hydroxylation sites is 1. The maximum Gasteiger partial charge on any atom is 0.335 e. The fraction of sp³-hybridized carbons (Fsp3) is 0.250. The second-order valence-electron chi connectivity index (χ2n) is 7.70. The molecule has 34 heavy (non-hydrogen) atoms. The van der Waals surface area contributed by atoms with E-state index < -0.39 is 17.8 Å². The van der Waals surface area contributed by atoms with Crippen molar-refractivity contribution < 1.29 is 33.4 Å². The molecule has 0 bridgehead atoms. The Morgan fingerprint density at radius 1 is 1.21 bits per heavy atom. The zero-order valence-electron chi connectivity index (χ0n) is 18.9. The molecule has 2 aromatic carbocycles. The Morgan fingerprint density at radius 2 is 1.94 bits per heavy atom. The number of rotatable bonds is 6. The lowest BCUT2D eigenvalue weighted by Gasteiger charge is -2.26. The van der Waals surface area contributed by atoms with Crippen LogP contribution in [-0.2, 0) is 20.8 Å². The van der Waals surface area contributed by atoms with Crippen molar-refractivity contribution in [2.45, 2.75) is 13.3 Å². The second-order valence-corrected chi connectivity index (χ2v) is 7.70. The Bertz CT molecular complexity index is 1210. The van der Waals surface area contributed by atoms with Crippen LogP contribution < -0.4 is 24.4 Å². The van der Waals surface area contributed by atoms with Crippen LogP contribution in [0.2, 0.25) is 0 Å². The topological polar surface area (TPSA) is 114 Å². The van der Waals surface area contributed by atoms with E-state index in [2.05, 4.69) is 5.32 Å². The van der Waals surface area contributed by atoms with Crippen molar-refractivity contribution in [3.63, 3.8) is 0 Å². The quantitative estimate of drug-likeness (QED) is 0.513. The minimum Gasteiger partial charge on any atom is -0.492 e. The summed E-state index contributed by atoms with van der Waals surface area (Å²) in [5.41, 5.74) is 1.17. The van der Waals surface area contributed by atoms with E-state index in [-0.39, 0.29) is 24.0 Å². The molecule has 0 saturated carbocycles. The summed E-state index contributed by atoms with van der Waals surface area (Å²) in [6, 6.07) is 9.19. The van der Waals surface area contributed by atoms with Gasteiger partial charge in [-0.1, -0.05) is 18.2 Å². The molecule has 0 aromatic heterocycles. The Labute approximate surface area is 195 Å². The first-order chi connectivity index (χ1) is 16.3. The number of barbiturate groups is 1. The van der Waals surface area contributed by atoms with Crippen molar-refractivity contribution >= 4 is 35.5 Å². The van der Waals surface area contributed by atoms with Crippen molar-refractivity contribution in [2.24, 2.45) is 0 Å². The van der Waals surface area contributed by atoms with Gasteiger partial charge in [0.25, 0.3) is 11.8 Å². The third-order valence-corrected chi connectivity index (χ3v) is 5.61. The second kappa shape index (κ2) is 9.26. The van der Waals surface area contributed by atoms with Crippen LogP contribution >= 0.6 is 0 Å². The molecule has 0 unspecified atom stereocenters. The minimum absolute atomic E-state index is 0.00574. The van der Waals surface area contributed by atoms with Crippen molar-refractivity contribution in [1.29, 1.82) is 0 Å². The zero-order chi connectivity index (χ0) is 24.4. The van der Waals surface area contributed by atoms with Crippen LogP contribution in [0.15, 0.2) is 42.0 Å². The molecule has 0 atom stereocenters. The molecule has 0 radical (unpaired) electrons. The van der Waals surface area contributed by atoms with Gasteiger partial charge in [-0.2, -0.15) is 0 Å². The highest BCUT2D eigenvalue weighted by atomic mass is 16.7. The van der Waals surface area contributed by atoms with E-state index in [1.807, 2.05) is 0 Å². The van der Waals surface area contributed by atoms with Crippen LogP contribution in [0.1, 0.15) is 18.1 Å². The number of urea groups is 1. The van der Waals surface area contributed by atoms with E-state index in [1.165, 1.54) is 20.1 Å². The number of fused-ring (bicyclic) bond motifs is 1. The van der Waals surface area contributed by atoms with E-state index >= 15 is 0 Å². The van der Waals surface area contributed by atoms with E-state index in [9.17, 15) is 19.2 Å². The summed E-state index contributed by atoms with van der Waals surface area (Å²) in [7, 11) is 3.11. The van der Waals surface area contributed by atoms with E-state index in [0.717, 1.165) is 4.90 Å². The first-order valence-electron chi connectivity index (χ1n) is 10.5. The number of benzene rings is 2. The van der Waals surface area contributed by atoms with Crippen molar-refractivity contribution in [3.8, 4) is 17.2 Å². The lowest BCUT2D eigenvalue weighted by atomic mass is 9.98. The Hall–Kier alpha value is -4.34. The largest absolute Gasteiger partial charge is 0.492 e. The van der Waals surface area contributed by atoms with Gasteiger partial charge in [-0.3, -0.25) is 19.7 Å². The number of imide groups is 2. The molecular weight excluding hydrogens is 442 g/mol. The number of nitrogens with zero attached hydrogens (tertiary/aromatic N) is 2. The average molecular weight is 465 g/mol. The minimum atomic E-state index is -0.834. The average Bonchev–Trinajstić information content (AvgIpc) is 3.28. The van der Waals surface area contributed by atoms with E-state index in [1.54, 1.807) is 48.3 Å². The lowest BCUT2D eigenvalue weighted by molar-refractivity contribution is -0.127. The highest BCUT2D eigenvalue weighted by Crippen LogP contribution is 2.46. The number of ether oxygens (including phenoxy) is 3. The number of nitrogens with one attached hydrogen (secondary N) is 1. The smallest absolute Gasteiger partial charge is 0.335 e. The molecule has 2 aliphatic heterocycles. The normalized spacial score (nSPS) is 16.0. The van der Waals surface area contributed by atoms with Crippen LogP contribution in [0, 0.1) is 0 Å². The van der Waals surface area contributed by atoms with Gasteiger partial charge in [0, 0.05) is 26.1 Å². The number of amides is 5. The molecule has 0 aliphatic carbocycles. The summed E-state index contributed by atoms with van der Waals surface area (Å²) in [4.78, 5) is 52.5. The molecule has 4 rings (SSSR count). The molecule has 176 valence electrons. The van der Waals surface area contributed by atoms with Gasteiger partial charge in [0.1, 0.15) is 5.57 Å². The van der Waals surface area contributed by atoms with Gasteiger partial charge in [-0.05, 0) is 36.3 Å². The van der Waals surface area contributed by atoms with Gasteiger partial charge in [0.15, 0.2) is 11.5 Å². The molecule has 10 heteroatoms. The van der Waals surface area contributed by atoms with Crippen LogP contribution in [0.4, 0.5) is 10.5 Å².